The molecule has 2 aromatic rings. The summed E-state index contributed by atoms with van der Waals surface area (Å²) < 4.78 is 0. The first-order chi connectivity index (χ1) is 10.2. The molecule has 21 heavy (non-hydrogen) atoms. The summed E-state index contributed by atoms with van der Waals surface area (Å²) in [4.78, 5) is 27.1. The van der Waals surface area contributed by atoms with Crippen molar-refractivity contribution >= 4 is 17.7 Å². The second-order valence-corrected chi connectivity index (χ2v) is 4.22. The van der Waals surface area contributed by atoms with Gasteiger partial charge in [0.1, 0.15) is 0 Å². The van der Waals surface area contributed by atoms with Gasteiger partial charge in [0.25, 0.3) is 5.91 Å². The molecule has 2 aromatic carbocycles. The maximum absolute atomic E-state index is 12.1. The molecule has 0 saturated carbocycles. The molecular formula is C15H15N3O3. The molecule has 0 aliphatic heterocycles. The van der Waals surface area contributed by atoms with Crippen LogP contribution < -0.4 is 16.5 Å². The minimum absolute atomic E-state index is 0.209. The Morgan fingerprint density at radius 1 is 1.00 bits per heavy atom. The van der Waals surface area contributed by atoms with Gasteiger partial charge < -0.3 is 15.9 Å². The smallest absolute Gasteiger partial charge is 0.354 e. The third-order valence-corrected chi connectivity index (χ3v) is 2.74. The van der Waals surface area contributed by atoms with Crippen LogP contribution >= 0.6 is 0 Å². The van der Waals surface area contributed by atoms with E-state index < -0.39 is 6.09 Å². The quantitative estimate of drug-likeness (QED) is 0.733. The van der Waals surface area contributed by atoms with E-state index in [1.54, 1.807) is 42.5 Å². The van der Waals surface area contributed by atoms with Crippen LogP contribution in [0.3, 0.4) is 0 Å². The zero-order valence-electron chi connectivity index (χ0n) is 11.2. The standard InChI is InChI=1S/C15H15N3O3/c16-15(20)21-17-10-12-8-4-5-9-13(12)18-14(19)11-6-2-1-3-7-11/h1-9,17H,10H2,(H2,16,20)(H,18,19). The number of nitrogens with two attached hydrogens (primary N) is 1. The van der Waals surface area contributed by atoms with Crippen molar-refractivity contribution < 1.29 is 14.4 Å². The average Bonchev–Trinajstić information content (AvgIpc) is 2.49. The molecule has 0 spiro atoms. The number of hydrogen-bond acceptors (Lipinski definition) is 4. The maximum Gasteiger partial charge on any atom is 0.423 e. The summed E-state index contributed by atoms with van der Waals surface area (Å²) >= 11 is 0. The average molecular weight is 285 g/mol. The van der Waals surface area contributed by atoms with Gasteiger partial charge in [0.05, 0.1) is 6.54 Å². The summed E-state index contributed by atoms with van der Waals surface area (Å²) in [5.74, 6) is -0.209. The van der Waals surface area contributed by atoms with Crippen LogP contribution in [0.2, 0.25) is 0 Å². The molecule has 108 valence electrons. The van der Waals surface area contributed by atoms with Crippen LogP contribution in [-0.2, 0) is 11.4 Å². The predicted octanol–water partition coefficient (Wildman–Crippen LogP) is 2.04. The maximum atomic E-state index is 12.1. The van der Waals surface area contributed by atoms with Gasteiger partial charge in [-0.2, -0.15) is 0 Å². The molecule has 2 rings (SSSR count). The van der Waals surface area contributed by atoms with Crippen LogP contribution in [-0.4, -0.2) is 12.0 Å². The van der Waals surface area contributed by atoms with E-state index in [1.165, 1.54) is 0 Å². The fraction of sp³-hybridized carbons (Fsp3) is 0.0667. The van der Waals surface area contributed by atoms with Crippen LogP contribution in [0.15, 0.2) is 54.6 Å². The number of hydrogen-bond donors (Lipinski definition) is 3. The summed E-state index contributed by atoms with van der Waals surface area (Å²) in [6.45, 7) is 0.230. The molecular weight excluding hydrogens is 270 g/mol. The Hall–Kier alpha value is -2.86. The van der Waals surface area contributed by atoms with Gasteiger partial charge >= 0.3 is 6.09 Å². The third-order valence-electron chi connectivity index (χ3n) is 2.74. The predicted molar refractivity (Wildman–Crippen MR) is 78.3 cm³/mol. The molecule has 0 saturated heterocycles. The molecule has 4 N–H and O–H groups in total. The van der Waals surface area contributed by atoms with Crippen molar-refractivity contribution in [2.24, 2.45) is 5.73 Å². The molecule has 0 aromatic heterocycles. The van der Waals surface area contributed by atoms with Crippen molar-refractivity contribution in [3.05, 3.63) is 65.7 Å². The van der Waals surface area contributed by atoms with Crippen LogP contribution in [0, 0.1) is 0 Å². The van der Waals surface area contributed by atoms with Gasteiger partial charge in [-0.1, -0.05) is 36.4 Å². The minimum atomic E-state index is -0.916. The zero-order valence-corrected chi connectivity index (χ0v) is 11.2. The second kappa shape index (κ2) is 7.06. The summed E-state index contributed by atoms with van der Waals surface area (Å²) in [7, 11) is 0. The highest BCUT2D eigenvalue weighted by Crippen LogP contribution is 2.16. The molecule has 2 amide bonds. The van der Waals surface area contributed by atoms with Crippen molar-refractivity contribution in [1.29, 1.82) is 0 Å². The molecule has 0 aliphatic rings. The number of primary amides is 1. The van der Waals surface area contributed by atoms with Gasteiger partial charge in [0.2, 0.25) is 0 Å². The molecule has 0 aliphatic carbocycles. The molecule has 0 unspecified atom stereocenters. The van der Waals surface area contributed by atoms with Gasteiger partial charge in [-0.25, -0.2) is 4.79 Å². The Morgan fingerprint density at radius 2 is 1.67 bits per heavy atom. The highest BCUT2D eigenvalue weighted by Gasteiger charge is 2.08. The molecule has 0 bridgehead atoms. The summed E-state index contributed by atoms with van der Waals surface area (Å²) in [6.07, 6.45) is -0.916. The molecule has 6 nitrogen and oxygen atoms in total. The number of carbonyl (C=O) groups excluding carboxylic acids is 2. The van der Waals surface area contributed by atoms with Crippen molar-refractivity contribution in [2.75, 3.05) is 5.32 Å². The van der Waals surface area contributed by atoms with Crippen molar-refractivity contribution in [2.45, 2.75) is 6.54 Å². The number of nitrogens with one attached hydrogen (secondary N) is 2. The van der Waals surface area contributed by atoms with Gasteiger partial charge in [0, 0.05) is 11.3 Å². The van der Waals surface area contributed by atoms with Gasteiger partial charge in [-0.05, 0) is 23.8 Å². The van der Waals surface area contributed by atoms with Gasteiger partial charge in [-0.3, -0.25) is 4.79 Å². The second-order valence-electron chi connectivity index (χ2n) is 4.22. The van der Waals surface area contributed by atoms with Crippen LogP contribution in [0.25, 0.3) is 0 Å². The number of anilines is 1. The van der Waals surface area contributed by atoms with E-state index >= 15 is 0 Å². The topological polar surface area (TPSA) is 93.5 Å². The SMILES string of the molecule is NC(=O)ONCc1ccccc1NC(=O)c1ccccc1. The Morgan fingerprint density at radius 3 is 2.38 bits per heavy atom. The van der Waals surface area contributed by atoms with Gasteiger partial charge in [-0.15, -0.1) is 5.48 Å². The fourth-order valence-electron chi connectivity index (χ4n) is 1.77. The summed E-state index contributed by atoms with van der Waals surface area (Å²) in [5, 5.41) is 2.81. The summed E-state index contributed by atoms with van der Waals surface area (Å²) in [5.41, 5.74) is 9.25. The Labute approximate surface area is 121 Å². The lowest BCUT2D eigenvalue weighted by molar-refractivity contribution is 0.0949. The lowest BCUT2D eigenvalue weighted by Gasteiger charge is -2.11. The van der Waals surface area contributed by atoms with Crippen molar-refractivity contribution in [3.8, 4) is 0 Å². The Kier molecular flexibility index (Phi) is 4.89. The number of rotatable bonds is 5. The van der Waals surface area contributed by atoms with E-state index in [-0.39, 0.29) is 12.5 Å². The number of amides is 2. The molecule has 0 heterocycles. The van der Waals surface area contributed by atoms with Gasteiger partial charge in [0.15, 0.2) is 0 Å². The van der Waals surface area contributed by atoms with E-state index in [0.717, 1.165) is 5.56 Å². The third kappa shape index (κ3) is 4.32. The van der Waals surface area contributed by atoms with Crippen LogP contribution in [0.4, 0.5) is 10.5 Å². The van der Waals surface area contributed by atoms with E-state index in [0.29, 0.717) is 11.3 Å². The highest BCUT2D eigenvalue weighted by atomic mass is 16.7. The molecule has 6 heteroatoms. The Balaban J connectivity index is 2.06. The molecule has 0 atom stereocenters. The number of benzene rings is 2. The Bertz CT molecular complexity index is 629. The molecule has 0 radical (unpaired) electrons. The lowest BCUT2D eigenvalue weighted by Crippen LogP contribution is -2.24. The fourth-order valence-corrected chi connectivity index (χ4v) is 1.77. The normalized spacial score (nSPS) is 9.90. The summed E-state index contributed by atoms with van der Waals surface area (Å²) in [6, 6.07) is 16.1. The van der Waals surface area contributed by atoms with E-state index in [9.17, 15) is 9.59 Å². The van der Waals surface area contributed by atoms with E-state index in [2.05, 4.69) is 15.6 Å². The zero-order chi connectivity index (χ0) is 15.1. The number of para-hydroxylation sites is 1. The monoisotopic (exact) mass is 285 g/mol. The molecule has 0 fully saturated rings. The lowest BCUT2D eigenvalue weighted by atomic mass is 10.1. The van der Waals surface area contributed by atoms with Crippen molar-refractivity contribution in [1.82, 2.24) is 5.48 Å². The highest BCUT2D eigenvalue weighted by molar-refractivity contribution is 6.04. The van der Waals surface area contributed by atoms with Crippen LogP contribution in [0.1, 0.15) is 15.9 Å². The minimum Gasteiger partial charge on any atom is -0.354 e. The first-order valence-corrected chi connectivity index (χ1v) is 6.30. The first kappa shape index (κ1) is 14.5. The first-order valence-electron chi connectivity index (χ1n) is 6.30. The van der Waals surface area contributed by atoms with E-state index in [4.69, 9.17) is 5.73 Å². The number of carbonyl (C=O) groups is 2. The van der Waals surface area contributed by atoms with E-state index in [1.807, 2.05) is 12.1 Å². The number of hydroxylamine groups is 1. The van der Waals surface area contributed by atoms with Crippen molar-refractivity contribution in [3.63, 3.8) is 0 Å². The largest absolute Gasteiger partial charge is 0.423 e. The van der Waals surface area contributed by atoms with Crippen LogP contribution in [0.5, 0.6) is 0 Å².